The first kappa shape index (κ1) is 12.2. The molecule has 0 aliphatic heterocycles. The molecule has 0 saturated heterocycles. The molecule has 1 N–H and O–H groups in total. The van der Waals surface area contributed by atoms with Crippen LogP contribution in [-0.4, -0.2) is 13.4 Å². The molecule has 96 valence electrons. The van der Waals surface area contributed by atoms with Crippen molar-refractivity contribution in [3.8, 4) is 0 Å². The Bertz CT molecular complexity index is 673. The summed E-state index contributed by atoms with van der Waals surface area (Å²) in [5.74, 6) is 0.509. The van der Waals surface area contributed by atoms with E-state index in [1.54, 1.807) is 0 Å². The minimum Gasteiger partial charge on any atom is -0.450 e. The summed E-state index contributed by atoms with van der Waals surface area (Å²) in [5, 5.41) is 2.14. The molecular weight excluding hydrogens is 340 g/mol. The van der Waals surface area contributed by atoms with E-state index in [4.69, 9.17) is 4.42 Å². The average molecular weight is 349 g/mol. The number of rotatable bonds is 4. The SMILES string of the molecule is O=S(=O)(Nc1nc(C2CC2)cs1)c1occc1Br. The third kappa shape index (κ3) is 2.32. The quantitative estimate of drug-likeness (QED) is 0.920. The number of nitrogens with zero attached hydrogens (tertiary/aromatic N) is 1. The van der Waals surface area contributed by atoms with Gasteiger partial charge in [0, 0.05) is 11.3 Å². The van der Waals surface area contributed by atoms with Gasteiger partial charge in [-0.1, -0.05) is 0 Å². The Hall–Kier alpha value is -0.860. The van der Waals surface area contributed by atoms with E-state index >= 15 is 0 Å². The van der Waals surface area contributed by atoms with Crippen LogP contribution >= 0.6 is 27.3 Å². The Morgan fingerprint density at radius 3 is 2.89 bits per heavy atom. The van der Waals surface area contributed by atoms with E-state index in [9.17, 15) is 8.42 Å². The number of thiazole rings is 1. The van der Waals surface area contributed by atoms with Crippen molar-refractivity contribution < 1.29 is 12.8 Å². The summed E-state index contributed by atoms with van der Waals surface area (Å²) < 4.78 is 31.8. The molecule has 0 amide bonds. The molecule has 1 aliphatic carbocycles. The van der Waals surface area contributed by atoms with Crippen molar-refractivity contribution in [2.45, 2.75) is 23.9 Å². The van der Waals surface area contributed by atoms with Gasteiger partial charge in [0.15, 0.2) is 5.13 Å². The lowest BCUT2D eigenvalue weighted by Crippen LogP contribution is -2.12. The predicted octanol–water partition coefficient (Wildman–Crippen LogP) is 3.18. The number of furan rings is 1. The van der Waals surface area contributed by atoms with Crippen LogP contribution in [0.2, 0.25) is 0 Å². The van der Waals surface area contributed by atoms with Gasteiger partial charge in [-0.25, -0.2) is 4.98 Å². The van der Waals surface area contributed by atoms with Crippen molar-refractivity contribution in [1.82, 2.24) is 4.98 Å². The second-order valence-electron chi connectivity index (χ2n) is 4.01. The third-order valence-corrected chi connectivity index (χ3v) is 5.63. The van der Waals surface area contributed by atoms with Gasteiger partial charge in [-0.3, -0.25) is 4.72 Å². The fraction of sp³-hybridized carbons (Fsp3) is 0.300. The van der Waals surface area contributed by atoms with Crippen molar-refractivity contribution in [3.63, 3.8) is 0 Å². The zero-order valence-electron chi connectivity index (χ0n) is 9.09. The normalized spacial score (nSPS) is 15.8. The molecule has 1 aliphatic rings. The lowest BCUT2D eigenvalue weighted by atomic mass is 10.3. The van der Waals surface area contributed by atoms with Crippen LogP contribution in [0.4, 0.5) is 5.13 Å². The van der Waals surface area contributed by atoms with Crippen LogP contribution in [-0.2, 0) is 10.0 Å². The minimum absolute atomic E-state index is 0.134. The van der Waals surface area contributed by atoms with Gasteiger partial charge in [-0.05, 0) is 34.8 Å². The van der Waals surface area contributed by atoms with Gasteiger partial charge >= 0.3 is 0 Å². The van der Waals surface area contributed by atoms with Gasteiger partial charge in [0.1, 0.15) is 0 Å². The molecule has 2 heterocycles. The summed E-state index contributed by atoms with van der Waals surface area (Å²) in [5.41, 5.74) is 0.969. The molecule has 2 aromatic rings. The molecule has 3 rings (SSSR count). The first-order valence-electron chi connectivity index (χ1n) is 5.27. The molecule has 0 bridgehead atoms. The first-order valence-corrected chi connectivity index (χ1v) is 8.43. The monoisotopic (exact) mass is 348 g/mol. The molecule has 0 spiro atoms. The maximum atomic E-state index is 12.0. The van der Waals surface area contributed by atoms with Crippen LogP contribution in [0.5, 0.6) is 0 Å². The molecule has 2 aromatic heterocycles. The van der Waals surface area contributed by atoms with E-state index in [-0.39, 0.29) is 5.09 Å². The Morgan fingerprint density at radius 1 is 1.50 bits per heavy atom. The fourth-order valence-corrected chi connectivity index (χ4v) is 4.41. The Balaban J connectivity index is 1.84. The predicted molar refractivity (Wildman–Crippen MR) is 71.3 cm³/mol. The fourth-order valence-electron chi connectivity index (χ4n) is 1.53. The Kier molecular flexibility index (Phi) is 2.95. The summed E-state index contributed by atoms with van der Waals surface area (Å²) in [4.78, 5) is 4.27. The van der Waals surface area contributed by atoms with E-state index < -0.39 is 10.0 Å². The molecule has 8 heteroatoms. The van der Waals surface area contributed by atoms with Crippen LogP contribution in [0.15, 0.2) is 31.7 Å². The van der Waals surface area contributed by atoms with Crippen molar-refractivity contribution >= 4 is 42.4 Å². The number of hydrogen-bond acceptors (Lipinski definition) is 5. The van der Waals surface area contributed by atoms with Crippen molar-refractivity contribution in [3.05, 3.63) is 27.9 Å². The van der Waals surface area contributed by atoms with Crippen molar-refractivity contribution in [2.75, 3.05) is 4.72 Å². The molecular formula is C10H9BrN2O3S2. The number of aromatic nitrogens is 1. The van der Waals surface area contributed by atoms with E-state index in [0.29, 0.717) is 15.5 Å². The summed E-state index contributed by atoms with van der Waals surface area (Å²) in [6.45, 7) is 0. The number of sulfonamides is 1. The zero-order valence-corrected chi connectivity index (χ0v) is 12.3. The molecule has 5 nitrogen and oxygen atoms in total. The lowest BCUT2D eigenvalue weighted by molar-refractivity contribution is 0.449. The third-order valence-electron chi connectivity index (χ3n) is 2.57. The molecule has 0 atom stereocenters. The van der Waals surface area contributed by atoms with Crippen molar-refractivity contribution in [2.24, 2.45) is 0 Å². The van der Waals surface area contributed by atoms with Crippen molar-refractivity contribution in [1.29, 1.82) is 0 Å². The van der Waals surface area contributed by atoms with E-state index in [2.05, 4.69) is 25.6 Å². The topological polar surface area (TPSA) is 72.2 Å². The maximum absolute atomic E-state index is 12.0. The number of halogens is 1. The minimum atomic E-state index is -3.71. The largest absolute Gasteiger partial charge is 0.450 e. The van der Waals surface area contributed by atoms with E-state index in [0.717, 1.165) is 18.5 Å². The Labute approximate surface area is 116 Å². The number of nitrogens with one attached hydrogen (secondary N) is 1. The highest BCUT2D eigenvalue weighted by Crippen LogP contribution is 2.41. The van der Waals surface area contributed by atoms with Crippen LogP contribution in [0.1, 0.15) is 24.5 Å². The maximum Gasteiger partial charge on any atom is 0.298 e. The number of hydrogen-bond donors (Lipinski definition) is 1. The van der Waals surface area contributed by atoms with Crippen LogP contribution in [0, 0.1) is 0 Å². The summed E-state index contributed by atoms with van der Waals surface area (Å²) in [7, 11) is -3.71. The highest BCUT2D eigenvalue weighted by atomic mass is 79.9. The molecule has 1 fully saturated rings. The van der Waals surface area contributed by atoms with Gasteiger partial charge in [0.2, 0.25) is 0 Å². The van der Waals surface area contributed by atoms with Gasteiger partial charge in [-0.2, -0.15) is 8.42 Å². The summed E-state index contributed by atoms with van der Waals surface area (Å²) in [6, 6.07) is 1.53. The molecule has 0 aromatic carbocycles. The smallest absolute Gasteiger partial charge is 0.298 e. The zero-order chi connectivity index (χ0) is 12.8. The molecule has 0 unspecified atom stereocenters. The molecule has 0 radical (unpaired) electrons. The summed E-state index contributed by atoms with van der Waals surface area (Å²) >= 11 is 4.41. The van der Waals surface area contributed by atoms with Crippen LogP contribution < -0.4 is 4.72 Å². The molecule has 1 saturated carbocycles. The van der Waals surface area contributed by atoms with Gasteiger partial charge in [0.05, 0.1) is 16.4 Å². The second kappa shape index (κ2) is 4.36. The van der Waals surface area contributed by atoms with Crippen LogP contribution in [0.25, 0.3) is 0 Å². The van der Waals surface area contributed by atoms with Crippen LogP contribution in [0.3, 0.4) is 0 Å². The lowest BCUT2D eigenvalue weighted by Gasteiger charge is -2.01. The summed E-state index contributed by atoms with van der Waals surface area (Å²) in [6.07, 6.45) is 3.59. The van der Waals surface area contributed by atoms with E-state index in [1.165, 1.54) is 23.7 Å². The van der Waals surface area contributed by atoms with Gasteiger partial charge < -0.3 is 4.42 Å². The second-order valence-corrected chi connectivity index (χ2v) is 7.31. The van der Waals surface area contributed by atoms with Gasteiger partial charge in [0.25, 0.3) is 15.1 Å². The number of anilines is 1. The average Bonchev–Trinajstić information content (AvgIpc) is 2.90. The standard InChI is InChI=1S/C10H9BrN2O3S2/c11-7-3-4-16-9(7)18(14,15)13-10-12-8(5-17-10)6-1-2-6/h3-6H,1-2H2,(H,12,13). The van der Waals surface area contributed by atoms with Gasteiger partial charge in [-0.15, -0.1) is 11.3 Å². The van der Waals surface area contributed by atoms with E-state index in [1.807, 2.05) is 5.38 Å². The Morgan fingerprint density at radius 2 is 2.28 bits per heavy atom. The highest BCUT2D eigenvalue weighted by molar-refractivity contribution is 9.10. The molecule has 18 heavy (non-hydrogen) atoms. The highest BCUT2D eigenvalue weighted by Gasteiger charge is 2.28. The first-order chi connectivity index (χ1) is 8.56.